The topological polar surface area (TPSA) is 55.8 Å². The van der Waals surface area contributed by atoms with Crippen molar-refractivity contribution in [2.45, 2.75) is 58.7 Å². The van der Waals surface area contributed by atoms with Crippen molar-refractivity contribution in [1.82, 2.24) is 0 Å². The average Bonchev–Trinajstić information content (AvgIpc) is 2.92. The molecule has 0 fully saturated rings. The standard InChI is InChI=1S/C34H35NO4/c1-20-19-35(33(37)39-34(2,3)4)28-17-14-21-10-6-7-11-23(21)31(28)29(20)30-24-12-8-9-13-25(24)32(36)26-16-15-22(38-5)18-27(26)30/h6-7,9-11,13-17,20,22H,8,12,18-19H2,1-5H3/b30-29+/t20-,22-/m0/s1. The molecule has 2 aromatic rings. The van der Waals surface area contributed by atoms with Crippen LogP contribution in [0, 0.1) is 5.92 Å². The number of amides is 1. The normalized spacial score (nSPS) is 24.6. The molecular formula is C34H35NO4. The summed E-state index contributed by atoms with van der Waals surface area (Å²) in [6.45, 7) is 8.37. The van der Waals surface area contributed by atoms with E-state index in [1.807, 2.05) is 51.1 Å². The summed E-state index contributed by atoms with van der Waals surface area (Å²) in [6, 6.07) is 12.5. The molecule has 200 valence electrons. The number of allylic oxidation sites excluding steroid dienone is 7. The number of carbonyl (C=O) groups is 2. The SMILES string of the molecule is CO[C@H]1C=CC2=C(C1)/C(=C1/c3c(ccc4ccccc34)N(C(=O)OC(C)(C)C)C[C@@H]1C)C1=C(C=CCC1)C2=O. The number of methoxy groups -OCH3 is 1. The molecule has 5 heteroatoms. The number of ether oxygens (including phenoxy) is 2. The van der Waals surface area contributed by atoms with Gasteiger partial charge in [-0.25, -0.2) is 4.79 Å². The Morgan fingerprint density at radius 3 is 2.56 bits per heavy atom. The third kappa shape index (κ3) is 4.29. The van der Waals surface area contributed by atoms with Gasteiger partial charge in [-0.2, -0.15) is 0 Å². The second kappa shape index (κ2) is 9.49. The van der Waals surface area contributed by atoms with Gasteiger partial charge < -0.3 is 9.47 Å². The van der Waals surface area contributed by atoms with Gasteiger partial charge in [-0.15, -0.1) is 0 Å². The lowest BCUT2D eigenvalue weighted by molar-refractivity contribution is -0.111. The van der Waals surface area contributed by atoms with Crippen molar-refractivity contribution >= 4 is 33.9 Å². The van der Waals surface area contributed by atoms with E-state index in [1.165, 1.54) is 11.1 Å². The molecule has 39 heavy (non-hydrogen) atoms. The quantitative estimate of drug-likeness (QED) is 0.390. The van der Waals surface area contributed by atoms with Crippen LogP contribution in [0.2, 0.25) is 0 Å². The van der Waals surface area contributed by atoms with Crippen LogP contribution in [0.25, 0.3) is 16.3 Å². The first-order valence-electron chi connectivity index (χ1n) is 13.8. The lowest BCUT2D eigenvalue weighted by Gasteiger charge is -2.40. The molecule has 1 heterocycles. The number of anilines is 1. The minimum Gasteiger partial charge on any atom is -0.443 e. The van der Waals surface area contributed by atoms with E-state index in [2.05, 4.69) is 37.3 Å². The number of carbonyl (C=O) groups excluding carboxylic acids is 2. The monoisotopic (exact) mass is 521 g/mol. The second-order valence-electron chi connectivity index (χ2n) is 11.9. The summed E-state index contributed by atoms with van der Waals surface area (Å²) >= 11 is 0. The largest absolute Gasteiger partial charge is 0.443 e. The summed E-state index contributed by atoms with van der Waals surface area (Å²) < 4.78 is 11.6. The highest BCUT2D eigenvalue weighted by atomic mass is 16.6. The zero-order valence-corrected chi connectivity index (χ0v) is 23.3. The molecule has 1 amide bonds. The molecule has 4 aliphatic rings. The van der Waals surface area contributed by atoms with E-state index in [9.17, 15) is 9.59 Å². The molecule has 0 bridgehead atoms. The van der Waals surface area contributed by atoms with E-state index in [-0.39, 0.29) is 23.9 Å². The highest BCUT2D eigenvalue weighted by Gasteiger charge is 2.40. The van der Waals surface area contributed by atoms with E-state index in [1.54, 1.807) is 12.0 Å². The molecule has 0 saturated heterocycles. The maximum atomic E-state index is 13.7. The number of Topliss-reactive ketones (excluding diaryl/α,β-unsaturated/α-hetero) is 1. The average molecular weight is 522 g/mol. The van der Waals surface area contributed by atoms with Crippen molar-refractivity contribution in [2.24, 2.45) is 5.92 Å². The Morgan fingerprint density at radius 2 is 1.79 bits per heavy atom. The van der Waals surface area contributed by atoms with Gasteiger partial charge in [0.05, 0.1) is 11.8 Å². The highest BCUT2D eigenvalue weighted by Crippen LogP contribution is 2.51. The maximum Gasteiger partial charge on any atom is 0.414 e. The molecule has 0 aromatic heterocycles. The molecule has 0 N–H and O–H groups in total. The minimum atomic E-state index is -0.600. The van der Waals surface area contributed by atoms with Crippen LogP contribution in [0.3, 0.4) is 0 Å². The number of nitrogens with zero attached hydrogens (tertiary/aromatic N) is 1. The van der Waals surface area contributed by atoms with E-state index >= 15 is 0 Å². The van der Waals surface area contributed by atoms with Crippen LogP contribution < -0.4 is 4.90 Å². The Balaban J connectivity index is 1.67. The van der Waals surface area contributed by atoms with E-state index in [0.29, 0.717) is 13.0 Å². The molecule has 0 unspecified atom stereocenters. The van der Waals surface area contributed by atoms with Crippen molar-refractivity contribution in [3.63, 3.8) is 0 Å². The van der Waals surface area contributed by atoms with Crippen molar-refractivity contribution in [3.05, 3.63) is 94.1 Å². The van der Waals surface area contributed by atoms with Crippen LogP contribution in [-0.4, -0.2) is 37.2 Å². The number of benzene rings is 2. The summed E-state index contributed by atoms with van der Waals surface area (Å²) in [6.07, 6.45) is 10.00. The molecule has 5 nitrogen and oxygen atoms in total. The van der Waals surface area contributed by atoms with Gasteiger partial charge in [0.25, 0.3) is 0 Å². The molecular weight excluding hydrogens is 486 g/mol. The van der Waals surface area contributed by atoms with Crippen molar-refractivity contribution in [1.29, 1.82) is 0 Å². The summed E-state index contributed by atoms with van der Waals surface area (Å²) in [5, 5.41) is 2.21. The van der Waals surface area contributed by atoms with E-state index < -0.39 is 5.60 Å². The Morgan fingerprint density at radius 1 is 1.03 bits per heavy atom. The maximum absolute atomic E-state index is 13.7. The smallest absolute Gasteiger partial charge is 0.414 e. The summed E-state index contributed by atoms with van der Waals surface area (Å²) in [5.74, 6) is 0.113. The molecule has 2 atom stereocenters. The zero-order chi connectivity index (χ0) is 27.5. The first-order valence-corrected chi connectivity index (χ1v) is 13.8. The third-order valence-corrected chi connectivity index (χ3v) is 8.07. The van der Waals surface area contributed by atoms with Crippen LogP contribution in [-0.2, 0) is 14.3 Å². The third-order valence-electron chi connectivity index (χ3n) is 8.07. The second-order valence-corrected chi connectivity index (χ2v) is 11.9. The van der Waals surface area contributed by atoms with Gasteiger partial charge >= 0.3 is 6.09 Å². The number of hydrogen-bond acceptors (Lipinski definition) is 4. The van der Waals surface area contributed by atoms with Crippen LogP contribution in [0.1, 0.15) is 52.5 Å². The molecule has 2 aromatic carbocycles. The van der Waals surface area contributed by atoms with E-state index in [4.69, 9.17) is 9.47 Å². The molecule has 1 aliphatic heterocycles. The Labute approximate surface area is 230 Å². The predicted octanol–water partition coefficient (Wildman–Crippen LogP) is 7.49. The molecule has 6 rings (SSSR count). The Kier molecular flexibility index (Phi) is 6.22. The fourth-order valence-corrected chi connectivity index (χ4v) is 6.42. The van der Waals surface area contributed by atoms with Gasteiger partial charge in [0.2, 0.25) is 0 Å². The van der Waals surface area contributed by atoms with Gasteiger partial charge in [-0.3, -0.25) is 9.69 Å². The Bertz CT molecular complexity index is 1560. The first kappa shape index (κ1) is 25.6. The summed E-state index contributed by atoms with van der Waals surface area (Å²) in [7, 11) is 1.72. The first-order chi connectivity index (χ1) is 18.7. The van der Waals surface area contributed by atoms with Gasteiger partial charge in [-0.1, -0.05) is 61.6 Å². The van der Waals surface area contributed by atoms with Crippen LogP contribution >= 0.6 is 0 Å². The summed E-state index contributed by atoms with van der Waals surface area (Å²) in [5.41, 5.74) is 7.43. The van der Waals surface area contributed by atoms with Crippen LogP contribution in [0.4, 0.5) is 10.5 Å². The number of fused-ring (bicyclic) bond motifs is 3. The predicted molar refractivity (Wildman–Crippen MR) is 156 cm³/mol. The van der Waals surface area contributed by atoms with Gasteiger partial charge in [0, 0.05) is 42.7 Å². The molecule has 0 saturated carbocycles. The lowest BCUT2D eigenvalue weighted by atomic mass is 9.69. The fraction of sp³-hybridized carbons (Fsp3) is 0.353. The molecule has 0 radical (unpaired) electrons. The fourth-order valence-electron chi connectivity index (χ4n) is 6.42. The molecule has 3 aliphatic carbocycles. The van der Waals surface area contributed by atoms with E-state index in [0.717, 1.165) is 57.2 Å². The number of rotatable bonds is 1. The van der Waals surface area contributed by atoms with Crippen LogP contribution in [0.5, 0.6) is 0 Å². The Hall–Kier alpha value is -3.70. The van der Waals surface area contributed by atoms with Crippen molar-refractivity contribution in [3.8, 4) is 0 Å². The summed E-state index contributed by atoms with van der Waals surface area (Å²) in [4.78, 5) is 29.0. The zero-order valence-electron chi connectivity index (χ0n) is 23.3. The highest BCUT2D eigenvalue weighted by molar-refractivity contribution is 6.17. The van der Waals surface area contributed by atoms with Crippen molar-refractivity contribution in [2.75, 3.05) is 18.6 Å². The van der Waals surface area contributed by atoms with Crippen molar-refractivity contribution < 1.29 is 19.1 Å². The van der Waals surface area contributed by atoms with Crippen LogP contribution in [0.15, 0.2) is 88.6 Å². The van der Waals surface area contributed by atoms with Gasteiger partial charge in [-0.05, 0) is 72.7 Å². The molecule has 0 spiro atoms. The van der Waals surface area contributed by atoms with Gasteiger partial charge in [0.1, 0.15) is 5.60 Å². The van der Waals surface area contributed by atoms with Gasteiger partial charge in [0.15, 0.2) is 5.78 Å². The number of hydrogen-bond donors (Lipinski definition) is 0. The number of ketones is 1. The minimum absolute atomic E-state index is 0.0133. The lowest BCUT2D eigenvalue weighted by Crippen LogP contribution is -2.42.